The molecule has 0 aliphatic carbocycles. The van der Waals surface area contributed by atoms with Crippen LogP contribution >= 0.6 is 0 Å². The van der Waals surface area contributed by atoms with E-state index < -0.39 is 0 Å². The molecule has 1 aromatic heterocycles. The van der Waals surface area contributed by atoms with Gasteiger partial charge in [0.2, 0.25) is 0 Å². The summed E-state index contributed by atoms with van der Waals surface area (Å²) in [7, 11) is 0. The fourth-order valence-electron chi connectivity index (χ4n) is 4.46. The van der Waals surface area contributed by atoms with Crippen molar-refractivity contribution in [3.8, 4) is 11.1 Å². The third-order valence-electron chi connectivity index (χ3n) is 6.13. The maximum Gasteiger partial charge on any atom is 0.136 e. The van der Waals surface area contributed by atoms with E-state index >= 15 is 0 Å². The molecule has 0 saturated heterocycles. The largest absolute Gasteiger partial charge is 0.456 e. The summed E-state index contributed by atoms with van der Waals surface area (Å²) in [6, 6.07) is 27.5. The quantitative estimate of drug-likeness (QED) is 0.196. The summed E-state index contributed by atoms with van der Waals surface area (Å²) in [6.45, 7) is 9.62. The van der Waals surface area contributed by atoms with Gasteiger partial charge in [-0.15, -0.1) is 0 Å². The van der Waals surface area contributed by atoms with Crippen LogP contribution in [-0.2, 0) is 0 Å². The highest BCUT2D eigenvalue weighted by Crippen LogP contribution is 2.36. The zero-order chi connectivity index (χ0) is 22.8. The number of nitrogens with zero attached hydrogens (tertiary/aromatic N) is 1. The number of furan rings is 1. The SMILES string of the molecule is C=C/C=C\C(=C/C)C(N=C)c1cccc(-c2ccc3c(c2)oc2cc4ccccc4cc23)c1. The fraction of sp³-hybridized carbons (Fsp3) is 0.0645. The Morgan fingerprint density at radius 1 is 0.848 bits per heavy atom. The van der Waals surface area contributed by atoms with E-state index in [0.717, 1.165) is 44.2 Å². The van der Waals surface area contributed by atoms with Crippen molar-refractivity contribution in [1.82, 2.24) is 0 Å². The molecular weight excluding hydrogens is 402 g/mol. The van der Waals surface area contributed by atoms with Crippen molar-refractivity contribution in [3.63, 3.8) is 0 Å². The predicted molar refractivity (Wildman–Crippen MR) is 142 cm³/mol. The second-order valence-electron chi connectivity index (χ2n) is 8.10. The van der Waals surface area contributed by atoms with Crippen LogP contribution < -0.4 is 0 Å². The van der Waals surface area contributed by atoms with Crippen LogP contribution in [0.15, 0.2) is 125 Å². The monoisotopic (exact) mass is 427 g/mol. The molecule has 0 radical (unpaired) electrons. The van der Waals surface area contributed by atoms with E-state index in [2.05, 4.69) is 103 Å². The van der Waals surface area contributed by atoms with Crippen molar-refractivity contribution >= 4 is 39.4 Å². The Morgan fingerprint density at radius 3 is 2.36 bits per heavy atom. The molecule has 0 saturated carbocycles. The number of aliphatic imine (C=N–C) groups is 1. The highest BCUT2D eigenvalue weighted by molar-refractivity contribution is 6.10. The highest BCUT2D eigenvalue weighted by Gasteiger charge is 2.14. The first kappa shape index (κ1) is 20.7. The molecule has 0 amide bonds. The van der Waals surface area contributed by atoms with Gasteiger partial charge in [0.25, 0.3) is 0 Å². The molecule has 2 nitrogen and oxygen atoms in total. The molecular formula is C31H25NO. The number of fused-ring (bicyclic) bond motifs is 4. The van der Waals surface area contributed by atoms with Gasteiger partial charge >= 0.3 is 0 Å². The van der Waals surface area contributed by atoms with Crippen molar-refractivity contribution in [1.29, 1.82) is 0 Å². The van der Waals surface area contributed by atoms with Gasteiger partial charge in [-0.2, -0.15) is 0 Å². The molecule has 1 heterocycles. The van der Waals surface area contributed by atoms with Crippen LogP contribution in [0.2, 0.25) is 0 Å². The molecule has 1 unspecified atom stereocenters. The highest BCUT2D eigenvalue weighted by atomic mass is 16.3. The molecule has 0 bridgehead atoms. The Labute approximate surface area is 193 Å². The minimum Gasteiger partial charge on any atom is -0.456 e. The van der Waals surface area contributed by atoms with E-state index in [1.807, 2.05) is 19.1 Å². The van der Waals surface area contributed by atoms with Crippen molar-refractivity contribution < 1.29 is 4.42 Å². The lowest BCUT2D eigenvalue weighted by Gasteiger charge is -2.15. The summed E-state index contributed by atoms with van der Waals surface area (Å²) in [5.41, 5.74) is 6.22. The normalized spacial score (nSPS) is 13.2. The second kappa shape index (κ2) is 8.76. The number of allylic oxidation sites excluding steroid dienone is 3. The van der Waals surface area contributed by atoms with E-state index in [4.69, 9.17) is 4.42 Å². The van der Waals surface area contributed by atoms with Crippen LogP contribution in [0.25, 0.3) is 43.8 Å². The minimum atomic E-state index is -0.131. The van der Waals surface area contributed by atoms with Crippen LogP contribution in [0.4, 0.5) is 0 Å². The lowest BCUT2D eigenvalue weighted by molar-refractivity contribution is 0.669. The van der Waals surface area contributed by atoms with Gasteiger partial charge in [-0.25, -0.2) is 0 Å². The van der Waals surface area contributed by atoms with E-state index in [0.29, 0.717) is 0 Å². The predicted octanol–water partition coefficient (Wildman–Crippen LogP) is 8.84. The van der Waals surface area contributed by atoms with Crippen molar-refractivity contribution in [2.45, 2.75) is 13.0 Å². The molecule has 0 fully saturated rings. The number of rotatable bonds is 6. The van der Waals surface area contributed by atoms with E-state index in [9.17, 15) is 0 Å². The van der Waals surface area contributed by atoms with E-state index in [1.54, 1.807) is 6.08 Å². The Balaban J connectivity index is 1.58. The Kier molecular flexibility index (Phi) is 5.50. The number of hydrogen-bond donors (Lipinski definition) is 0. The first-order chi connectivity index (χ1) is 16.2. The van der Waals surface area contributed by atoms with Crippen LogP contribution in [0.1, 0.15) is 18.5 Å². The molecule has 0 aliphatic heterocycles. The third-order valence-corrected chi connectivity index (χ3v) is 6.13. The lowest BCUT2D eigenvalue weighted by atomic mass is 9.94. The molecule has 1 atom stereocenters. The van der Waals surface area contributed by atoms with Crippen LogP contribution in [0, 0.1) is 0 Å². The summed E-state index contributed by atoms with van der Waals surface area (Å²) in [5.74, 6) is 0. The van der Waals surface area contributed by atoms with Crippen molar-refractivity contribution in [3.05, 3.63) is 121 Å². The summed E-state index contributed by atoms with van der Waals surface area (Å²) < 4.78 is 6.27. The molecule has 160 valence electrons. The zero-order valence-corrected chi connectivity index (χ0v) is 18.7. The minimum absolute atomic E-state index is 0.131. The standard InChI is InChI=1S/C31H25NO/c1-4-6-10-21(5-2)31(32-3)26-14-9-13-22(17-26)25-15-16-27-28-18-23-11-7-8-12-24(23)19-30(28)33-29(27)20-25/h4-20,31H,1,3H2,2H3/b10-6-,21-5+. The van der Waals surface area contributed by atoms with Crippen LogP contribution in [0.3, 0.4) is 0 Å². The first-order valence-corrected chi connectivity index (χ1v) is 11.1. The van der Waals surface area contributed by atoms with Crippen LogP contribution in [0.5, 0.6) is 0 Å². The van der Waals surface area contributed by atoms with Gasteiger partial charge in [0.05, 0.1) is 6.04 Å². The van der Waals surface area contributed by atoms with Gasteiger partial charge < -0.3 is 4.42 Å². The molecule has 5 aromatic rings. The average molecular weight is 428 g/mol. The molecule has 33 heavy (non-hydrogen) atoms. The van der Waals surface area contributed by atoms with Gasteiger partial charge in [-0.1, -0.05) is 79.4 Å². The number of hydrogen-bond acceptors (Lipinski definition) is 2. The maximum absolute atomic E-state index is 6.27. The third kappa shape index (κ3) is 3.81. The van der Waals surface area contributed by atoms with Crippen molar-refractivity contribution in [2.75, 3.05) is 0 Å². The van der Waals surface area contributed by atoms with Crippen molar-refractivity contribution in [2.24, 2.45) is 4.99 Å². The van der Waals surface area contributed by atoms with E-state index in [1.165, 1.54) is 10.8 Å². The van der Waals surface area contributed by atoms with Gasteiger partial charge in [-0.3, -0.25) is 4.99 Å². The van der Waals surface area contributed by atoms with Gasteiger partial charge in [0.1, 0.15) is 11.2 Å². The zero-order valence-electron chi connectivity index (χ0n) is 18.7. The van der Waals surface area contributed by atoms with Gasteiger partial charge in [0.15, 0.2) is 0 Å². The topological polar surface area (TPSA) is 25.5 Å². The number of benzene rings is 4. The fourth-order valence-corrected chi connectivity index (χ4v) is 4.46. The molecule has 0 N–H and O–H groups in total. The Morgan fingerprint density at radius 2 is 1.61 bits per heavy atom. The first-order valence-electron chi connectivity index (χ1n) is 11.1. The summed E-state index contributed by atoms with van der Waals surface area (Å²) in [4.78, 5) is 4.40. The van der Waals surface area contributed by atoms with Crippen LogP contribution in [-0.4, -0.2) is 6.72 Å². The molecule has 4 aromatic carbocycles. The summed E-state index contributed by atoms with van der Waals surface area (Å²) in [6.07, 6.45) is 7.79. The summed E-state index contributed by atoms with van der Waals surface area (Å²) >= 11 is 0. The smallest absolute Gasteiger partial charge is 0.136 e. The summed E-state index contributed by atoms with van der Waals surface area (Å²) in [5, 5.41) is 4.68. The lowest BCUT2D eigenvalue weighted by Crippen LogP contribution is -1.98. The molecule has 0 aliphatic rings. The van der Waals surface area contributed by atoms with E-state index in [-0.39, 0.29) is 6.04 Å². The average Bonchev–Trinajstić information content (AvgIpc) is 3.21. The van der Waals surface area contributed by atoms with Gasteiger partial charge in [-0.05, 0) is 77.0 Å². The maximum atomic E-state index is 6.27. The molecule has 0 spiro atoms. The second-order valence-corrected chi connectivity index (χ2v) is 8.10. The molecule has 5 rings (SSSR count). The Bertz CT molecular complexity index is 1560. The Hall–Kier alpha value is -4.17. The van der Waals surface area contributed by atoms with Gasteiger partial charge in [0, 0.05) is 10.8 Å². The molecule has 2 heteroatoms.